The fourth-order valence-electron chi connectivity index (χ4n) is 3.33. The molecule has 2 atom stereocenters. The molecule has 1 aromatic heterocycles. The Hall–Kier alpha value is -2.64. The van der Waals surface area contributed by atoms with Gasteiger partial charge in [0.05, 0.1) is 27.1 Å². The Kier molecular flexibility index (Phi) is 6.14. The maximum absolute atomic E-state index is 12.9. The molecule has 0 aliphatic carbocycles. The lowest BCUT2D eigenvalue weighted by Crippen LogP contribution is -2.17. The topological polar surface area (TPSA) is 116 Å². The van der Waals surface area contributed by atoms with Crippen LogP contribution in [-0.4, -0.2) is 48.8 Å². The number of nitrogen functional groups attached to an aromatic ring is 1. The molecule has 0 amide bonds. The Balaban J connectivity index is 1.54. The third-order valence-corrected chi connectivity index (χ3v) is 8.59. The zero-order chi connectivity index (χ0) is 22.9. The van der Waals surface area contributed by atoms with Gasteiger partial charge in [0.2, 0.25) is 9.84 Å². The van der Waals surface area contributed by atoms with E-state index in [1.165, 1.54) is 6.07 Å². The summed E-state index contributed by atoms with van der Waals surface area (Å²) in [5.74, 6) is 0.217. The molecule has 1 unspecified atom stereocenters. The van der Waals surface area contributed by atoms with E-state index in [1.807, 2.05) is 0 Å². The highest BCUT2D eigenvalue weighted by molar-refractivity contribution is 8.40. The van der Waals surface area contributed by atoms with Crippen LogP contribution in [0.2, 0.25) is 0 Å². The Morgan fingerprint density at radius 3 is 2.59 bits per heavy atom. The highest BCUT2D eigenvalue weighted by atomic mass is 32.2. The number of alkyl halides is 3. The lowest BCUT2D eigenvalue weighted by Gasteiger charge is -2.19. The summed E-state index contributed by atoms with van der Waals surface area (Å²) in [5, 5.41) is 8.73. The molecule has 172 valence electrons. The number of anilines is 1. The maximum Gasteiger partial charge on any atom is 0.573 e. The van der Waals surface area contributed by atoms with E-state index >= 15 is 0 Å². The van der Waals surface area contributed by atoms with Crippen molar-refractivity contribution >= 4 is 37.0 Å². The van der Waals surface area contributed by atoms with Gasteiger partial charge in [-0.2, -0.15) is 16.0 Å². The first-order valence-electron chi connectivity index (χ1n) is 9.50. The molecule has 4 rings (SSSR count). The van der Waals surface area contributed by atoms with Crippen LogP contribution in [0.5, 0.6) is 5.75 Å². The molecule has 2 aromatic rings. The van der Waals surface area contributed by atoms with Crippen molar-refractivity contribution in [2.75, 3.05) is 18.1 Å². The van der Waals surface area contributed by atoms with E-state index in [2.05, 4.69) is 19.9 Å². The van der Waals surface area contributed by atoms with Crippen molar-refractivity contribution in [3.05, 3.63) is 42.2 Å². The van der Waals surface area contributed by atoms with Gasteiger partial charge in [-0.25, -0.2) is 8.42 Å². The van der Waals surface area contributed by atoms with E-state index in [4.69, 9.17) is 10.5 Å². The summed E-state index contributed by atoms with van der Waals surface area (Å²) in [6, 6.07) is 5.16. The molecular formula is C19H19F3N4O4S2. The van der Waals surface area contributed by atoms with Gasteiger partial charge in [-0.3, -0.25) is 4.98 Å². The normalized spacial score (nSPS) is 22.2. The standard InChI is InChI=1S/C19H19F3N4O4S2/c20-19(21,22)30-12-3-5-14(6-4-12)32(27,28)15-8-16(23)17(24-9-15)18-26-25-11-31(18)10-13-2-1-7-29-13/h3-6,8-9,11,13,31H,1-2,7,10,23H2/t13-/m0/s1. The molecule has 0 spiro atoms. The van der Waals surface area contributed by atoms with Crippen LogP contribution in [0.3, 0.4) is 0 Å². The molecule has 2 N–H and O–H groups in total. The lowest BCUT2D eigenvalue weighted by molar-refractivity contribution is -0.274. The molecular weight excluding hydrogens is 469 g/mol. The summed E-state index contributed by atoms with van der Waals surface area (Å²) in [5.41, 5.74) is 8.34. The van der Waals surface area contributed by atoms with Crippen LogP contribution in [0.25, 0.3) is 0 Å². The van der Waals surface area contributed by atoms with E-state index in [-0.39, 0.29) is 21.6 Å². The first-order chi connectivity index (χ1) is 15.1. The summed E-state index contributed by atoms with van der Waals surface area (Å²) in [6.45, 7) is 0.730. The van der Waals surface area contributed by atoms with E-state index in [9.17, 15) is 21.6 Å². The number of ether oxygens (including phenoxy) is 2. The van der Waals surface area contributed by atoms with Crippen molar-refractivity contribution in [2.45, 2.75) is 35.1 Å². The smallest absolute Gasteiger partial charge is 0.406 e. The zero-order valence-corrected chi connectivity index (χ0v) is 18.2. The SMILES string of the molecule is Nc1cc(S(=O)(=O)c2ccc(OC(F)(F)F)cc2)cnc1C1=NN=C[SH]1C[C@@H]1CCCO1. The number of nitrogens with two attached hydrogens (primary N) is 1. The number of nitrogens with zero attached hydrogens (tertiary/aromatic N) is 3. The second kappa shape index (κ2) is 8.71. The van der Waals surface area contributed by atoms with Gasteiger partial charge in [0.15, 0.2) is 0 Å². The Morgan fingerprint density at radius 2 is 1.97 bits per heavy atom. The van der Waals surface area contributed by atoms with Crippen LogP contribution < -0.4 is 10.5 Å². The van der Waals surface area contributed by atoms with E-state index in [0.717, 1.165) is 55.7 Å². The predicted octanol–water partition coefficient (Wildman–Crippen LogP) is 3.28. The third kappa shape index (κ3) is 4.89. The Bertz CT molecular complexity index is 1160. The number of sulfone groups is 1. The van der Waals surface area contributed by atoms with E-state index in [1.54, 1.807) is 5.55 Å². The minimum atomic E-state index is -4.87. The second-order valence-electron chi connectivity index (χ2n) is 7.07. The van der Waals surface area contributed by atoms with E-state index < -0.39 is 32.8 Å². The monoisotopic (exact) mass is 488 g/mol. The van der Waals surface area contributed by atoms with Crippen molar-refractivity contribution in [3.63, 3.8) is 0 Å². The Labute approximate surface area is 184 Å². The fourth-order valence-corrected chi connectivity index (χ4v) is 6.48. The van der Waals surface area contributed by atoms with Crippen LogP contribution in [-0.2, 0) is 14.6 Å². The molecule has 32 heavy (non-hydrogen) atoms. The lowest BCUT2D eigenvalue weighted by atomic mass is 10.3. The number of halogens is 3. The van der Waals surface area contributed by atoms with E-state index in [0.29, 0.717) is 10.7 Å². The fraction of sp³-hybridized carbons (Fsp3) is 0.316. The van der Waals surface area contributed by atoms with Crippen LogP contribution in [0.4, 0.5) is 18.9 Å². The predicted molar refractivity (Wildman–Crippen MR) is 115 cm³/mol. The summed E-state index contributed by atoms with van der Waals surface area (Å²) in [7, 11) is -4.93. The molecule has 0 saturated carbocycles. The summed E-state index contributed by atoms with van der Waals surface area (Å²) in [4.78, 5) is 3.82. The first kappa shape index (κ1) is 22.6. The molecule has 1 aromatic carbocycles. The quantitative estimate of drug-likeness (QED) is 0.603. The van der Waals surface area contributed by atoms with Gasteiger partial charge in [-0.1, -0.05) is 0 Å². The summed E-state index contributed by atoms with van der Waals surface area (Å²) < 4.78 is 72.1. The number of aromatic nitrogens is 1. The highest BCUT2D eigenvalue weighted by Crippen LogP contribution is 2.37. The molecule has 1 saturated heterocycles. The highest BCUT2D eigenvalue weighted by Gasteiger charge is 2.31. The van der Waals surface area contributed by atoms with Gasteiger partial charge in [0, 0.05) is 18.6 Å². The molecule has 8 nitrogen and oxygen atoms in total. The number of hydrogen-bond acceptors (Lipinski definition) is 8. The van der Waals surface area contributed by atoms with Gasteiger partial charge < -0.3 is 15.2 Å². The van der Waals surface area contributed by atoms with Gasteiger partial charge in [-0.05, 0) is 43.2 Å². The number of pyridine rings is 1. The molecule has 13 heteroatoms. The number of thiol groups is 1. The van der Waals surface area contributed by atoms with Crippen molar-refractivity contribution in [3.8, 4) is 5.75 Å². The van der Waals surface area contributed by atoms with Gasteiger partial charge >= 0.3 is 6.36 Å². The van der Waals surface area contributed by atoms with Crippen molar-refractivity contribution < 1.29 is 31.1 Å². The van der Waals surface area contributed by atoms with Gasteiger partial charge in [0.1, 0.15) is 16.5 Å². The minimum absolute atomic E-state index is 0.118. The van der Waals surface area contributed by atoms with Crippen LogP contribution in [0, 0.1) is 0 Å². The van der Waals surface area contributed by atoms with Crippen molar-refractivity contribution in [1.82, 2.24) is 4.98 Å². The number of hydrogen-bond donors (Lipinski definition) is 2. The molecule has 2 aliphatic heterocycles. The van der Waals surface area contributed by atoms with Crippen LogP contribution in [0.15, 0.2) is 56.5 Å². The van der Waals surface area contributed by atoms with Crippen LogP contribution >= 0.6 is 10.9 Å². The van der Waals surface area contributed by atoms with Crippen molar-refractivity contribution in [1.29, 1.82) is 0 Å². The largest absolute Gasteiger partial charge is 0.573 e. The third-order valence-electron chi connectivity index (χ3n) is 4.82. The van der Waals surface area contributed by atoms with Gasteiger partial charge in [0.25, 0.3) is 0 Å². The first-order valence-corrected chi connectivity index (χ1v) is 12.6. The molecule has 3 heterocycles. The second-order valence-corrected chi connectivity index (χ2v) is 11.0. The number of rotatable bonds is 6. The Morgan fingerprint density at radius 1 is 1.22 bits per heavy atom. The molecule has 1 fully saturated rings. The maximum atomic E-state index is 12.9. The molecule has 2 aliphatic rings. The molecule has 0 bridgehead atoms. The molecule has 0 radical (unpaired) electrons. The minimum Gasteiger partial charge on any atom is -0.406 e. The average Bonchev–Trinajstić information content (AvgIpc) is 3.40. The van der Waals surface area contributed by atoms with Gasteiger partial charge in [-0.15, -0.1) is 18.3 Å². The summed E-state index contributed by atoms with van der Waals surface area (Å²) in [6.07, 6.45) is -1.62. The van der Waals surface area contributed by atoms with Crippen molar-refractivity contribution in [2.24, 2.45) is 10.2 Å². The zero-order valence-electron chi connectivity index (χ0n) is 16.5. The summed E-state index contributed by atoms with van der Waals surface area (Å²) >= 11 is 0. The average molecular weight is 489 g/mol. The number of benzene rings is 1. The van der Waals surface area contributed by atoms with Crippen LogP contribution in [0.1, 0.15) is 18.5 Å².